The number of piperazine rings is 1. The van der Waals surface area contributed by atoms with E-state index < -0.39 is 0 Å². The summed E-state index contributed by atoms with van der Waals surface area (Å²) in [6.07, 6.45) is 0.289. The Morgan fingerprint density at radius 3 is 2.30 bits per heavy atom. The predicted octanol–water partition coefficient (Wildman–Crippen LogP) is 0.858. The molecule has 5 nitrogen and oxygen atoms in total. The number of carbonyl (C=O) groups excluding carboxylic acids is 2. The topological polar surface area (TPSA) is 45.1 Å². The third-order valence-corrected chi connectivity index (χ3v) is 5.52. The standard InChI is InChI=1S/C21H22FN3O2/c22-17-6-8-18(9-7-17)23-10-12-24(13-11-23)19-14-20(26)25(21(19)27)15-16-4-2-1-3-5-16/h1-9,19H,10-15H2/p+1/t19-/m1/s1. The summed E-state index contributed by atoms with van der Waals surface area (Å²) >= 11 is 0. The second-order valence-electron chi connectivity index (χ2n) is 7.18. The minimum absolute atomic E-state index is 0.0610. The lowest BCUT2D eigenvalue weighted by atomic mass is 10.1. The predicted molar refractivity (Wildman–Crippen MR) is 99.7 cm³/mol. The summed E-state index contributed by atoms with van der Waals surface area (Å²) in [4.78, 5) is 30.0. The highest BCUT2D eigenvalue weighted by molar-refractivity contribution is 6.04. The first-order chi connectivity index (χ1) is 13.1. The SMILES string of the molecule is O=C1C[C@@H]([NH+]2CCN(c3ccc(F)cc3)CC2)C(=O)N1Cc1ccccc1. The number of benzene rings is 2. The van der Waals surface area contributed by atoms with Gasteiger partial charge in [0, 0.05) is 5.69 Å². The Morgan fingerprint density at radius 1 is 0.963 bits per heavy atom. The van der Waals surface area contributed by atoms with Crippen LogP contribution in [0.5, 0.6) is 0 Å². The fourth-order valence-electron chi connectivity index (χ4n) is 3.99. The van der Waals surface area contributed by atoms with Gasteiger partial charge in [-0.05, 0) is 29.8 Å². The van der Waals surface area contributed by atoms with Crippen molar-refractivity contribution in [2.24, 2.45) is 0 Å². The molecule has 0 aliphatic carbocycles. The Hall–Kier alpha value is -2.73. The summed E-state index contributed by atoms with van der Waals surface area (Å²) in [5.41, 5.74) is 1.96. The lowest BCUT2D eigenvalue weighted by molar-refractivity contribution is -0.915. The molecule has 140 valence electrons. The molecule has 2 aromatic carbocycles. The van der Waals surface area contributed by atoms with Gasteiger partial charge in [-0.3, -0.25) is 14.5 Å². The van der Waals surface area contributed by atoms with Gasteiger partial charge in [0.1, 0.15) is 5.82 Å². The van der Waals surface area contributed by atoms with Gasteiger partial charge >= 0.3 is 0 Å². The maximum atomic E-state index is 13.1. The van der Waals surface area contributed by atoms with Crippen LogP contribution in [0.25, 0.3) is 0 Å². The van der Waals surface area contributed by atoms with Crippen molar-refractivity contribution in [3.63, 3.8) is 0 Å². The van der Waals surface area contributed by atoms with E-state index in [-0.39, 0.29) is 30.1 Å². The van der Waals surface area contributed by atoms with E-state index in [4.69, 9.17) is 0 Å². The van der Waals surface area contributed by atoms with Crippen LogP contribution in [0, 0.1) is 5.82 Å². The third-order valence-electron chi connectivity index (χ3n) is 5.52. The van der Waals surface area contributed by atoms with Gasteiger partial charge in [0.25, 0.3) is 5.91 Å². The average Bonchev–Trinajstić information content (AvgIpc) is 2.98. The van der Waals surface area contributed by atoms with Gasteiger partial charge in [-0.1, -0.05) is 30.3 Å². The highest BCUT2D eigenvalue weighted by Crippen LogP contribution is 2.17. The monoisotopic (exact) mass is 368 g/mol. The summed E-state index contributed by atoms with van der Waals surface area (Å²) in [7, 11) is 0. The van der Waals surface area contributed by atoms with Gasteiger partial charge in [-0.15, -0.1) is 0 Å². The number of rotatable bonds is 4. The lowest BCUT2D eigenvalue weighted by Gasteiger charge is -2.35. The number of quaternary nitrogens is 1. The smallest absolute Gasteiger partial charge is 0.288 e. The lowest BCUT2D eigenvalue weighted by Crippen LogP contribution is -3.19. The Kier molecular flexibility index (Phi) is 4.90. The quantitative estimate of drug-likeness (QED) is 0.815. The van der Waals surface area contributed by atoms with Crippen LogP contribution in [0.15, 0.2) is 54.6 Å². The molecule has 27 heavy (non-hydrogen) atoms. The molecule has 1 atom stereocenters. The summed E-state index contributed by atoms with van der Waals surface area (Å²) in [5.74, 6) is -0.381. The van der Waals surface area contributed by atoms with E-state index in [1.807, 2.05) is 30.3 Å². The first-order valence-corrected chi connectivity index (χ1v) is 9.35. The number of hydrogen-bond donors (Lipinski definition) is 1. The second kappa shape index (κ2) is 7.48. The number of carbonyl (C=O) groups is 2. The van der Waals surface area contributed by atoms with Crippen LogP contribution in [0.1, 0.15) is 12.0 Å². The summed E-state index contributed by atoms with van der Waals surface area (Å²) in [6, 6.07) is 15.8. The number of hydrogen-bond acceptors (Lipinski definition) is 3. The molecule has 2 amide bonds. The van der Waals surface area contributed by atoms with E-state index in [0.717, 1.165) is 37.4 Å². The highest BCUT2D eigenvalue weighted by atomic mass is 19.1. The molecule has 0 saturated carbocycles. The minimum atomic E-state index is -0.281. The zero-order valence-electron chi connectivity index (χ0n) is 15.1. The largest absolute Gasteiger partial charge is 0.360 e. The fourth-order valence-corrected chi connectivity index (χ4v) is 3.99. The molecule has 2 fully saturated rings. The Bertz CT molecular complexity index is 817. The van der Waals surface area contributed by atoms with Crippen molar-refractivity contribution in [1.29, 1.82) is 0 Å². The molecule has 1 N–H and O–H groups in total. The van der Waals surface area contributed by atoms with E-state index in [2.05, 4.69) is 4.90 Å². The van der Waals surface area contributed by atoms with Crippen LogP contribution < -0.4 is 9.80 Å². The van der Waals surface area contributed by atoms with Crippen molar-refractivity contribution >= 4 is 17.5 Å². The van der Waals surface area contributed by atoms with Gasteiger partial charge in [0.15, 0.2) is 6.04 Å². The van der Waals surface area contributed by atoms with Crippen LogP contribution in [0.4, 0.5) is 10.1 Å². The van der Waals surface area contributed by atoms with Gasteiger partial charge < -0.3 is 9.80 Å². The summed E-state index contributed by atoms with van der Waals surface area (Å²) in [5, 5.41) is 0. The van der Waals surface area contributed by atoms with Gasteiger partial charge in [-0.2, -0.15) is 0 Å². The minimum Gasteiger partial charge on any atom is -0.360 e. The maximum absolute atomic E-state index is 13.1. The van der Waals surface area contributed by atoms with Crippen LogP contribution in [-0.4, -0.2) is 48.9 Å². The van der Waals surface area contributed by atoms with Crippen LogP contribution in [0.2, 0.25) is 0 Å². The van der Waals surface area contributed by atoms with E-state index >= 15 is 0 Å². The molecule has 0 spiro atoms. The molecular formula is C21H23FN3O2+. The first-order valence-electron chi connectivity index (χ1n) is 9.35. The zero-order valence-corrected chi connectivity index (χ0v) is 15.1. The van der Waals surface area contributed by atoms with Crippen molar-refractivity contribution in [3.8, 4) is 0 Å². The molecule has 0 aromatic heterocycles. The first kappa shape index (κ1) is 17.7. The molecule has 0 bridgehead atoms. The van der Waals surface area contributed by atoms with Crippen molar-refractivity contribution in [1.82, 2.24) is 4.90 Å². The van der Waals surface area contributed by atoms with Crippen LogP contribution in [0.3, 0.4) is 0 Å². The number of anilines is 1. The molecule has 2 saturated heterocycles. The van der Waals surface area contributed by atoms with E-state index in [1.54, 1.807) is 12.1 Å². The number of likely N-dealkylation sites (tertiary alicyclic amines) is 1. The fraction of sp³-hybridized carbons (Fsp3) is 0.333. The molecule has 2 heterocycles. The normalized spacial score (nSPS) is 21.1. The molecule has 0 unspecified atom stereocenters. The highest BCUT2D eigenvalue weighted by Gasteiger charge is 2.45. The van der Waals surface area contributed by atoms with E-state index in [9.17, 15) is 14.0 Å². The second-order valence-corrected chi connectivity index (χ2v) is 7.18. The van der Waals surface area contributed by atoms with Crippen LogP contribution >= 0.6 is 0 Å². The Labute approximate surface area is 158 Å². The number of halogens is 1. The molecule has 4 rings (SSSR count). The van der Waals surface area contributed by atoms with E-state index in [1.165, 1.54) is 21.9 Å². The number of nitrogens with zero attached hydrogens (tertiary/aromatic N) is 2. The average molecular weight is 368 g/mol. The number of nitrogens with one attached hydrogen (secondary N) is 1. The molecular weight excluding hydrogens is 345 g/mol. The van der Waals surface area contributed by atoms with Crippen molar-refractivity contribution in [3.05, 3.63) is 66.0 Å². The van der Waals surface area contributed by atoms with Gasteiger partial charge in [0.05, 0.1) is 39.1 Å². The molecule has 2 aromatic rings. The van der Waals surface area contributed by atoms with Crippen molar-refractivity contribution in [2.45, 2.75) is 19.0 Å². The Morgan fingerprint density at radius 2 is 1.63 bits per heavy atom. The van der Waals surface area contributed by atoms with E-state index in [0.29, 0.717) is 6.54 Å². The molecule has 2 aliphatic rings. The van der Waals surface area contributed by atoms with Crippen molar-refractivity contribution < 1.29 is 18.9 Å². The Balaban J connectivity index is 1.38. The molecule has 0 radical (unpaired) electrons. The maximum Gasteiger partial charge on any atom is 0.288 e. The zero-order chi connectivity index (χ0) is 18.8. The van der Waals surface area contributed by atoms with Crippen molar-refractivity contribution in [2.75, 3.05) is 31.1 Å². The number of amides is 2. The van der Waals surface area contributed by atoms with Crippen LogP contribution in [-0.2, 0) is 16.1 Å². The molecule has 6 heteroatoms. The van der Waals surface area contributed by atoms with Gasteiger partial charge in [-0.25, -0.2) is 4.39 Å². The van der Waals surface area contributed by atoms with Gasteiger partial charge in [0.2, 0.25) is 5.91 Å². The molecule has 2 aliphatic heterocycles. The summed E-state index contributed by atoms with van der Waals surface area (Å²) < 4.78 is 13.1. The third kappa shape index (κ3) is 3.71. The number of imide groups is 1. The summed E-state index contributed by atoms with van der Waals surface area (Å²) in [6.45, 7) is 3.51.